The van der Waals surface area contributed by atoms with Crippen LogP contribution in [0.25, 0.3) is 0 Å². The van der Waals surface area contributed by atoms with Gasteiger partial charge in [0.05, 0.1) is 22.2 Å². The highest BCUT2D eigenvalue weighted by atomic mass is 35.5. The number of carbonyl (C=O) groups is 1. The molecule has 1 saturated heterocycles. The number of nitrogens with zero attached hydrogens (tertiary/aromatic N) is 1. The van der Waals surface area contributed by atoms with Crippen LogP contribution in [0.2, 0.25) is 10.0 Å². The van der Waals surface area contributed by atoms with E-state index in [4.69, 9.17) is 23.2 Å². The summed E-state index contributed by atoms with van der Waals surface area (Å²) < 4.78 is 24.5. The van der Waals surface area contributed by atoms with Crippen molar-refractivity contribution in [1.82, 2.24) is 4.31 Å². The summed E-state index contributed by atoms with van der Waals surface area (Å²) in [6.07, 6.45) is 2.50. The van der Waals surface area contributed by atoms with Gasteiger partial charge in [-0.1, -0.05) is 23.2 Å². The summed E-state index contributed by atoms with van der Waals surface area (Å²) in [5.74, 6) is -0.565. The van der Waals surface area contributed by atoms with Gasteiger partial charge in [-0.3, -0.25) is 4.79 Å². The summed E-state index contributed by atoms with van der Waals surface area (Å²) >= 11 is 11.7. The standard InChI is InChI=1S/C13H16Cl2N2O3S/c1-21(19,20)17-6-2-3-9(8-17)13(18)16-10-4-5-11(14)12(15)7-10/h4-5,7,9H,2-3,6,8H2,1H3,(H,16,18). The number of benzene rings is 1. The molecule has 21 heavy (non-hydrogen) atoms. The van der Waals surface area contributed by atoms with Gasteiger partial charge in [-0.05, 0) is 31.0 Å². The fourth-order valence-electron chi connectivity index (χ4n) is 2.28. The number of amides is 1. The molecule has 1 aliphatic heterocycles. The molecule has 116 valence electrons. The first-order valence-corrected chi connectivity index (χ1v) is 9.09. The Morgan fingerprint density at radius 3 is 2.67 bits per heavy atom. The molecule has 1 heterocycles. The molecule has 1 fully saturated rings. The number of nitrogens with one attached hydrogen (secondary N) is 1. The fraction of sp³-hybridized carbons (Fsp3) is 0.462. The van der Waals surface area contributed by atoms with Gasteiger partial charge in [0.25, 0.3) is 0 Å². The van der Waals surface area contributed by atoms with E-state index in [1.807, 2.05) is 0 Å². The van der Waals surface area contributed by atoms with Crippen molar-refractivity contribution in [1.29, 1.82) is 0 Å². The molecule has 0 radical (unpaired) electrons. The van der Waals surface area contributed by atoms with Crippen LogP contribution in [0.1, 0.15) is 12.8 Å². The lowest BCUT2D eigenvalue weighted by molar-refractivity contribution is -0.120. The highest BCUT2D eigenvalue weighted by molar-refractivity contribution is 7.88. The summed E-state index contributed by atoms with van der Waals surface area (Å²) in [6.45, 7) is 0.682. The number of piperidine rings is 1. The molecule has 0 spiro atoms. The number of sulfonamides is 1. The molecular weight excluding hydrogens is 335 g/mol. The maximum atomic E-state index is 12.2. The van der Waals surface area contributed by atoms with E-state index in [9.17, 15) is 13.2 Å². The Labute approximate surface area is 134 Å². The summed E-state index contributed by atoms with van der Waals surface area (Å²) in [5, 5.41) is 3.52. The smallest absolute Gasteiger partial charge is 0.228 e. The quantitative estimate of drug-likeness (QED) is 0.910. The van der Waals surface area contributed by atoms with Crippen molar-refractivity contribution in [2.75, 3.05) is 24.7 Å². The summed E-state index contributed by atoms with van der Waals surface area (Å²) in [4.78, 5) is 12.2. The van der Waals surface area contributed by atoms with Crippen molar-refractivity contribution < 1.29 is 13.2 Å². The summed E-state index contributed by atoms with van der Waals surface area (Å²) in [6, 6.07) is 4.82. The van der Waals surface area contributed by atoms with E-state index in [2.05, 4.69) is 5.32 Å². The molecule has 1 atom stereocenters. The minimum Gasteiger partial charge on any atom is -0.326 e. The third-order valence-electron chi connectivity index (χ3n) is 3.41. The van der Waals surface area contributed by atoms with E-state index in [0.29, 0.717) is 35.1 Å². The topological polar surface area (TPSA) is 66.5 Å². The predicted molar refractivity (Wildman–Crippen MR) is 84.2 cm³/mol. The predicted octanol–water partition coefficient (Wildman–Crippen LogP) is 2.60. The van der Waals surface area contributed by atoms with Gasteiger partial charge < -0.3 is 5.32 Å². The summed E-state index contributed by atoms with van der Waals surface area (Å²) in [5.41, 5.74) is 0.547. The van der Waals surface area contributed by atoms with Crippen molar-refractivity contribution in [3.63, 3.8) is 0 Å². The van der Waals surface area contributed by atoms with Crippen LogP contribution in [0.15, 0.2) is 18.2 Å². The monoisotopic (exact) mass is 350 g/mol. The van der Waals surface area contributed by atoms with Gasteiger partial charge in [0.15, 0.2) is 0 Å². The lowest BCUT2D eigenvalue weighted by atomic mass is 9.99. The Hall–Kier alpha value is -0.820. The Balaban J connectivity index is 2.04. The van der Waals surface area contributed by atoms with Crippen LogP contribution in [0, 0.1) is 5.92 Å². The molecule has 1 unspecified atom stereocenters. The summed E-state index contributed by atoms with van der Waals surface area (Å²) in [7, 11) is -3.26. The third-order valence-corrected chi connectivity index (χ3v) is 5.42. The van der Waals surface area contributed by atoms with Gasteiger partial charge in [0, 0.05) is 18.8 Å². The van der Waals surface area contributed by atoms with Crippen LogP contribution in [-0.4, -0.2) is 38.0 Å². The number of hydrogen-bond donors (Lipinski definition) is 1. The molecule has 0 saturated carbocycles. The Morgan fingerprint density at radius 2 is 2.05 bits per heavy atom. The average Bonchev–Trinajstić information content (AvgIpc) is 2.42. The molecule has 2 rings (SSSR count). The zero-order chi connectivity index (χ0) is 15.6. The molecule has 1 aromatic carbocycles. The molecular formula is C13H16Cl2N2O3S. The van der Waals surface area contributed by atoms with Crippen LogP contribution in [0.5, 0.6) is 0 Å². The van der Waals surface area contributed by atoms with Crippen molar-refractivity contribution in [2.24, 2.45) is 5.92 Å². The first-order chi connectivity index (χ1) is 9.77. The largest absolute Gasteiger partial charge is 0.326 e. The van der Waals surface area contributed by atoms with Crippen molar-refractivity contribution in [3.8, 4) is 0 Å². The number of hydrogen-bond acceptors (Lipinski definition) is 3. The second kappa shape index (κ2) is 6.52. The van der Waals surface area contributed by atoms with Crippen LogP contribution < -0.4 is 5.32 Å². The lowest BCUT2D eigenvalue weighted by Crippen LogP contribution is -2.43. The molecule has 1 aliphatic rings. The van der Waals surface area contributed by atoms with Gasteiger partial charge in [0.2, 0.25) is 15.9 Å². The molecule has 5 nitrogen and oxygen atoms in total. The Morgan fingerprint density at radius 1 is 1.33 bits per heavy atom. The maximum absolute atomic E-state index is 12.2. The van der Waals surface area contributed by atoms with Gasteiger partial charge in [-0.2, -0.15) is 0 Å². The maximum Gasteiger partial charge on any atom is 0.228 e. The van der Waals surface area contributed by atoms with E-state index < -0.39 is 10.0 Å². The number of halogens is 2. The average molecular weight is 351 g/mol. The lowest BCUT2D eigenvalue weighted by Gasteiger charge is -2.30. The number of carbonyl (C=O) groups excluding carboxylic acids is 1. The van der Waals surface area contributed by atoms with Crippen LogP contribution in [0.4, 0.5) is 5.69 Å². The third kappa shape index (κ3) is 4.32. The van der Waals surface area contributed by atoms with Crippen LogP contribution in [0.3, 0.4) is 0 Å². The minimum atomic E-state index is -3.26. The molecule has 0 aliphatic carbocycles. The van der Waals surface area contributed by atoms with E-state index in [-0.39, 0.29) is 18.4 Å². The first-order valence-electron chi connectivity index (χ1n) is 6.48. The SMILES string of the molecule is CS(=O)(=O)N1CCCC(C(=O)Nc2ccc(Cl)c(Cl)c2)C1. The molecule has 0 bridgehead atoms. The first kappa shape index (κ1) is 16.5. The second-order valence-corrected chi connectivity index (χ2v) is 7.88. The number of anilines is 1. The molecule has 1 amide bonds. The Bertz CT molecular complexity index is 649. The Kier molecular flexibility index (Phi) is 5.14. The second-order valence-electron chi connectivity index (χ2n) is 5.08. The van der Waals surface area contributed by atoms with Gasteiger partial charge in [-0.25, -0.2) is 12.7 Å². The van der Waals surface area contributed by atoms with Gasteiger partial charge in [0.1, 0.15) is 0 Å². The minimum absolute atomic E-state index is 0.207. The van der Waals surface area contributed by atoms with Crippen molar-refractivity contribution in [2.45, 2.75) is 12.8 Å². The van der Waals surface area contributed by atoms with E-state index in [1.54, 1.807) is 18.2 Å². The van der Waals surface area contributed by atoms with Gasteiger partial charge in [-0.15, -0.1) is 0 Å². The zero-order valence-corrected chi connectivity index (χ0v) is 13.8. The van der Waals surface area contributed by atoms with Crippen LogP contribution >= 0.6 is 23.2 Å². The van der Waals surface area contributed by atoms with Crippen molar-refractivity contribution >= 4 is 44.8 Å². The van der Waals surface area contributed by atoms with E-state index in [0.717, 1.165) is 6.26 Å². The normalized spacial score (nSPS) is 20.2. The molecule has 1 N–H and O–H groups in total. The van der Waals surface area contributed by atoms with Crippen LogP contribution in [-0.2, 0) is 14.8 Å². The van der Waals surface area contributed by atoms with Gasteiger partial charge >= 0.3 is 0 Å². The van der Waals surface area contributed by atoms with E-state index >= 15 is 0 Å². The highest BCUT2D eigenvalue weighted by Gasteiger charge is 2.30. The van der Waals surface area contributed by atoms with E-state index in [1.165, 1.54) is 4.31 Å². The number of rotatable bonds is 3. The van der Waals surface area contributed by atoms with Crippen molar-refractivity contribution in [3.05, 3.63) is 28.2 Å². The molecule has 1 aromatic rings. The zero-order valence-electron chi connectivity index (χ0n) is 11.5. The molecule has 0 aromatic heterocycles. The fourth-order valence-corrected chi connectivity index (χ4v) is 3.49. The molecule has 8 heteroatoms. The highest BCUT2D eigenvalue weighted by Crippen LogP contribution is 2.26.